The Bertz CT molecular complexity index is 1010. The molecule has 0 aromatic heterocycles. The molecule has 2 aliphatic heterocycles. The number of rotatable bonds is 5. The zero-order chi connectivity index (χ0) is 23.1. The number of fused-ring (bicyclic) bond motifs is 2. The van der Waals surface area contributed by atoms with Crippen molar-refractivity contribution in [3.8, 4) is 12.3 Å². The SMILES string of the molecule is C#CCN1CCC2C(=C3C(=CC(C(C)CCc4ccc(F)cc4)=CC3(O)O)OC2(C)C)C1. The Morgan fingerprint density at radius 1 is 1.28 bits per heavy atom. The van der Waals surface area contributed by atoms with Gasteiger partial charge in [0.15, 0.2) is 0 Å². The van der Waals surface area contributed by atoms with Crippen molar-refractivity contribution in [3.05, 3.63) is 70.3 Å². The fourth-order valence-electron chi connectivity index (χ4n) is 5.27. The number of nitrogens with zero attached hydrogens (tertiary/aromatic N) is 1. The van der Waals surface area contributed by atoms with Crippen molar-refractivity contribution >= 4 is 0 Å². The summed E-state index contributed by atoms with van der Waals surface area (Å²) in [5.74, 6) is 1.09. The van der Waals surface area contributed by atoms with Gasteiger partial charge < -0.3 is 14.9 Å². The molecule has 1 aromatic rings. The van der Waals surface area contributed by atoms with Gasteiger partial charge in [-0.1, -0.05) is 25.0 Å². The second-order valence-electron chi connectivity index (χ2n) is 9.81. The summed E-state index contributed by atoms with van der Waals surface area (Å²) in [6.45, 7) is 8.21. The zero-order valence-electron chi connectivity index (χ0n) is 19.1. The minimum Gasteiger partial charge on any atom is -0.487 e. The van der Waals surface area contributed by atoms with Crippen LogP contribution in [0.4, 0.5) is 4.39 Å². The van der Waals surface area contributed by atoms with E-state index in [9.17, 15) is 14.6 Å². The number of allylic oxidation sites excluding steroid dienone is 2. The molecule has 1 aromatic carbocycles. The molecular weight excluding hydrogens is 405 g/mol. The van der Waals surface area contributed by atoms with Crippen molar-refractivity contribution in [2.45, 2.75) is 51.4 Å². The van der Waals surface area contributed by atoms with E-state index >= 15 is 0 Å². The lowest BCUT2D eigenvalue weighted by molar-refractivity contribution is -0.108. The van der Waals surface area contributed by atoms with Crippen LogP contribution in [-0.4, -0.2) is 46.1 Å². The molecule has 2 unspecified atom stereocenters. The number of ether oxygens (including phenoxy) is 1. The van der Waals surface area contributed by atoms with Crippen molar-refractivity contribution in [2.24, 2.45) is 11.8 Å². The van der Waals surface area contributed by atoms with Gasteiger partial charge in [0.05, 0.1) is 12.1 Å². The molecule has 170 valence electrons. The Labute approximate surface area is 190 Å². The Balaban J connectivity index is 1.62. The summed E-state index contributed by atoms with van der Waals surface area (Å²) >= 11 is 0. The van der Waals surface area contributed by atoms with Crippen LogP contribution < -0.4 is 0 Å². The molecule has 4 nitrogen and oxygen atoms in total. The van der Waals surface area contributed by atoms with Crippen molar-refractivity contribution in [3.63, 3.8) is 0 Å². The minimum atomic E-state index is -2.09. The van der Waals surface area contributed by atoms with Gasteiger partial charge in [0, 0.05) is 19.0 Å². The average molecular weight is 438 g/mol. The van der Waals surface area contributed by atoms with Crippen LogP contribution in [0, 0.1) is 30.0 Å². The number of hydrogen-bond donors (Lipinski definition) is 2. The molecule has 0 amide bonds. The standard InChI is InChI=1S/C27H32FNO3/c1-5-13-29-14-12-23-22(17-29)25-24(32-26(23,3)4)15-20(16-27(25,30)31)18(2)6-7-19-8-10-21(28)11-9-19/h1,8-11,15-16,18,23,30-31H,6-7,12-14,17H2,2-4H3. The van der Waals surface area contributed by atoms with Crippen molar-refractivity contribution < 1.29 is 19.3 Å². The van der Waals surface area contributed by atoms with E-state index in [2.05, 4.69) is 31.6 Å². The van der Waals surface area contributed by atoms with Gasteiger partial charge in [-0.3, -0.25) is 4.90 Å². The summed E-state index contributed by atoms with van der Waals surface area (Å²) < 4.78 is 19.5. The first-order valence-corrected chi connectivity index (χ1v) is 11.3. The van der Waals surface area contributed by atoms with Gasteiger partial charge >= 0.3 is 0 Å². The van der Waals surface area contributed by atoms with Crippen LogP contribution in [0.15, 0.2) is 58.9 Å². The number of likely N-dealkylation sites (tertiary alicyclic amines) is 1. The predicted octanol–water partition coefficient (Wildman–Crippen LogP) is 3.96. The van der Waals surface area contributed by atoms with E-state index in [4.69, 9.17) is 11.2 Å². The highest BCUT2D eigenvalue weighted by Crippen LogP contribution is 2.49. The molecule has 0 saturated carbocycles. The summed E-state index contributed by atoms with van der Waals surface area (Å²) in [4.78, 5) is 2.17. The van der Waals surface area contributed by atoms with E-state index in [1.807, 2.05) is 6.08 Å². The smallest absolute Gasteiger partial charge is 0.214 e. The third kappa shape index (κ3) is 4.41. The number of benzene rings is 1. The molecule has 2 atom stereocenters. The van der Waals surface area contributed by atoms with E-state index in [1.165, 1.54) is 12.1 Å². The lowest BCUT2D eigenvalue weighted by atomic mass is 9.71. The maximum atomic E-state index is 13.2. The number of terminal acetylenes is 1. The third-order valence-electron chi connectivity index (χ3n) is 7.03. The average Bonchev–Trinajstić information content (AvgIpc) is 2.71. The zero-order valence-corrected chi connectivity index (χ0v) is 19.1. The Hall–Kier alpha value is -2.39. The second kappa shape index (κ2) is 8.51. The van der Waals surface area contributed by atoms with Gasteiger partial charge in [-0.2, -0.15) is 0 Å². The van der Waals surface area contributed by atoms with Gasteiger partial charge in [0.2, 0.25) is 5.79 Å². The molecule has 1 aliphatic carbocycles. The fraction of sp³-hybridized carbons (Fsp3) is 0.481. The first-order valence-electron chi connectivity index (χ1n) is 11.3. The summed E-state index contributed by atoms with van der Waals surface area (Å²) in [7, 11) is 0. The number of halogens is 1. The predicted molar refractivity (Wildman–Crippen MR) is 123 cm³/mol. The van der Waals surface area contributed by atoms with E-state index in [-0.39, 0.29) is 17.7 Å². The number of aliphatic hydroxyl groups is 2. The van der Waals surface area contributed by atoms with Crippen LogP contribution in [0.2, 0.25) is 0 Å². The molecule has 1 saturated heterocycles. The molecule has 0 radical (unpaired) electrons. The Kier molecular flexibility index (Phi) is 6.06. The lowest BCUT2D eigenvalue weighted by Crippen LogP contribution is -2.51. The molecule has 32 heavy (non-hydrogen) atoms. The second-order valence-corrected chi connectivity index (χ2v) is 9.81. The van der Waals surface area contributed by atoms with Crippen LogP contribution in [0.25, 0.3) is 0 Å². The quantitative estimate of drug-likeness (QED) is 0.541. The van der Waals surface area contributed by atoms with E-state index in [0.29, 0.717) is 24.4 Å². The maximum Gasteiger partial charge on any atom is 0.214 e. The molecule has 4 rings (SSSR count). The van der Waals surface area contributed by atoms with Crippen LogP contribution in [-0.2, 0) is 11.2 Å². The van der Waals surface area contributed by atoms with Crippen LogP contribution in [0.3, 0.4) is 0 Å². The normalized spacial score (nSPS) is 25.0. The maximum absolute atomic E-state index is 13.2. The molecule has 2 heterocycles. The fourth-order valence-corrected chi connectivity index (χ4v) is 5.27. The minimum absolute atomic E-state index is 0.0755. The summed E-state index contributed by atoms with van der Waals surface area (Å²) in [5, 5.41) is 22.3. The van der Waals surface area contributed by atoms with Gasteiger partial charge in [-0.05, 0) is 80.0 Å². The summed E-state index contributed by atoms with van der Waals surface area (Å²) in [5.41, 5.74) is 2.93. The first-order chi connectivity index (χ1) is 15.1. The molecule has 5 heteroatoms. The van der Waals surface area contributed by atoms with Crippen LogP contribution in [0.1, 0.15) is 39.2 Å². The third-order valence-corrected chi connectivity index (χ3v) is 7.03. The topological polar surface area (TPSA) is 52.9 Å². The van der Waals surface area contributed by atoms with Gasteiger partial charge in [0.1, 0.15) is 17.2 Å². The lowest BCUT2D eigenvalue weighted by Gasteiger charge is -2.49. The Morgan fingerprint density at radius 3 is 2.69 bits per heavy atom. The van der Waals surface area contributed by atoms with Crippen molar-refractivity contribution in [1.82, 2.24) is 4.90 Å². The summed E-state index contributed by atoms with van der Waals surface area (Å²) in [6.07, 6.45) is 11.5. The van der Waals surface area contributed by atoms with E-state index in [1.54, 1.807) is 18.2 Å². The summed E-state index contributed by atoms with van der Waals surface area (Å²) in [6, 6.07) is 6.51. The van der Waals surface area contributed by atoms with Gasteiger partial charge in [-0.15, -0.1) is 6.42 Å². The molecule has 0 bridgehead atoms. The van der Waals surface area contributed by atoms with E-state index in [0.717, 1.165) is 42.5 Å². The largest absolute Gasteiger partial charge is 0.487 e. The number of hydrogen-bond acceptors (Lipinski definition) is 4. The molecule has 3 aliphatic rings. The highest BCUT2D eigenvalue weighted by atomic mass is 19.1. The highest BCUT2D eigenvalue weighted by molar-refractivity contribution is 5.52. The monoisotopic (exact) mass is 437 g/mol. The van der Waals surface area contributed by atoms with Gasteiger partial charge in [0.25, 0.3) is 0 Å². The first kappa shape index (κ1) is 22.8. The molecular formula is C27H32FNO3. The highest BCUT2D eigenvalue weighted by Gasteiger charge is 2.49. The number of piperidine rings is 1. The van der Waals surface area contributed by atoms with Crippen molar-refractivity contribution in [2.75, 3.05) is 19.6 Å². The number of aryl methyl sites for hydroxylation is 1. The van der Waals surface area contributed by atoms with Crippen molar-refractivity contribution in [1.29, 1.82) is 0 Å². The van der Waals surface area contributed by atoms with E-state index < -0.39 is 11.4 Å². The molecule has 2 N–H and O–H groups in total. The molecule has 1 fully saturated rings. The van der Waals surface area contributed by atoms with Gasteiger partial charge in [-0.25, -0.2) is 4.39 Å². The van der Waals surface area contributed by atoms with Crippen LogP contribution in [0.5, 0.6) is 0 Å². The Morgan fingerprint density at radius 2 is 2.00 bits per heavy atom. The molecule has 0 spiro atoms. The van der Waals surface area contributed by atoms with Crippen LogP contribution >= 0.6 is 0 Å².